The van der Waals surface area contributed by atoms with Crippen LogP contribution in [0.4, 0.5) is 0 Å². The fourth-order valence-corrected chi connectivity index (χ4v) is 4.51. The van der Waals surface area contributed by atoms with E-state index in [0.717, 1.165) is 37.3 Å². The number of hydrogen-bond acceptors (Lipinski definition) is 5. The van der Waals surface area contributed by atoms with Crippen LogP contribution in [-0.2, 0) is 16.2 Å². The van der Waals surface area contributed by atoms with Crippen LogP contribution >= 0.6 is 12.2 Å². The standard InChI is InChI=1S/C21H29N5O2S/c1-15-12-25(13-16(2)28-15)20(27)18-8-10-24(11-9-18)14-26-21(29)22-19(23-26)17-6-4-3-5-7-17/h3-7,15-16,18H,8-14H2,1-2H3,(H,22,23,29)/t15-,16+. The van der Waals surface area contributed by atoms with Crippen molar-refractivity contribution in [2.45, 2.75) is 45.6 Å². The number of aromatic amines is 1. The van der Waals surface area contributed by atoms with Gasteiger partial charge < -0.3 is 9.64 Å². The predicted octanol–water partition coefficient (Wildman–Crippen LogP) is 2.91. The van der Waals surface area contributed by atoms with Gasteiger partial charge in [-0.25, -0.2) is 4.68 Å². The van der Waals surface area contributed by atoms with E-state index in [-0.39, 0.29) is 24.0 Å². The lowest BCUT2D eigenvalue weighted by atomic mass is 9.95. The number of carbonyl (C=O) groups excluding carboxylic acids is 1. The fraction of sp³-hybridized carbons (Fsp3) is 0.571. The van der Waals surface area contributed by atoms with Gasteiger partial charge in [0, 0.05) is 37.7 Å². The quantitative estimate of drug-likeness (QED) is 0.778. The molecule has 2 aromatic rings. The molecule has 1 aromatic carbocycles. The van der Waals surface area contributed by atoms with Crippen LogP contribution in [0, 0.1) is 10.7 Å². The molecule has 1 N–H and O–H groups in total. The smallest absolute Gasteiger partial charge is 0.225 e. The molecule has 29 heavy (non-hydrogen) atoms. The zero-order valence-electron chi connectivity index (χ0n) is 17.1. The zero-order valence-corrected chi connectivity index (χ0v) is 17.9. The molecule has 0 unspecified atom stereocenters. The molecule has 2 aliphatic rings. The lowest BCUT2D eigenvalue weighted by Gasteiger charge is -2.39. The number of benzene rings is 1. The molecule has 2 saturated heterocycles. The van der Waals surface area contributed by atoms with Crippen molar-refractivity contribution >= 4 is 18.1 Å². The van der Waals surface area contributed by atoms with Crippen LogP contribution in [0.1, 0.15) is 26.7 Å². The van der Waals surface area contributed by atoms with E-state index in [1.54, 1.807) is 0 Å². The first-order valence-electron chi connectivity index (χ1n) is 10.4. The van der Waals surface area contributed by atoms with Crippen molar-refractivity contribution in [1.82, 2.24) is 24.6 Å². The Balaban J connectivity index is 1.33. The average molecular weight is 416 g/mol. The molecule has 7 nitrogen and oxygen atoms in total. The number of carbonyl (C=O) groups is 1. The summed E-state index contributed by atoms with van der Waals surface area (Å²) >= 11 is 5.43. The molecule has 156 valence electrons. The summed E-state index contributed by atoms with van der Waals surface area (Å²) in [6.07, 6.45) is 1.99. The van der Waals surface area contributed by atoms with Crippen LogP contribution in [0.5, 0.6) is 0 Å². The van der Waals surface area contributed by atoms with Crippen LogP contribution in [0.2, 0.25) is 0 Å². The first-order valence-corrected chi connectivity index (χ1v) is 10.8. The van der Waals surface area contributed by atoms with Gasteiger partial charge in [0.1, 0.15) is 0 Å². The number of nitrogens with zero attached hydrogens (tertiary/aromatic N) is 4. The fourth-order valence-electron chi connectivity index (χ4n) is 4.31. The average Bonchev–Trinajstić information content (AvgIpc) is 3.08. The van der Waals surface area contributed by atoms with Gasteiger partial charge in [-0.15, -0.1) is 0 Å². The van der Waals surface area contributed by atoms with Gasteiger partial charge in [0.05, 0.1) is 18.9 Å². The number of hydrogen-bond donors (Lipinski definition) is 1. The first-order chi connectivity index (χ1) is 14.0. The SMILES string of the molecule is C[C@@H]1CN(C(=O)C2CCN(Cn3[nH]c(-c4ccccc4)nc3=S)CC2)C[C@H](C)O1. The van der Waals surface area contributed by atoms with Gasteiger partial charge in [0.2, 0.25) is 10.7 Å². The van der Waals surface area contributed by atoms with E-state index in [2.05, 4.69) is 15.0 Å². The van der Waals surface area contributed by atoms with Crippen LogP contribution in [0.25, 0.3) is 11.4 Å². The van der Waals surface area contributed by atoms with Crippen molar-refractivity contribution in [3.63, 3.8) is 0 Å². The summed E-state index contributed by atoms with van der Waals surface area (Å²) in [6.45, 7) is 7.92. The van der Waals surface area contributed by atoms with Gasteiger partial charge in [-0.2, -0.15) is 4.98 Å². The van der Waals surface area contributed by atoms with Crippen molar-refractivity contribution in [3.05, 3.63) is 35.1 Å². The van der Waals surface area contributed by atoms with Gasteiger partial charge in [0.25, 0.3) is 0 Å². The van der Waals surface area contributed by atoms with E-state index in [1.807, 2.05) is 53.8 Å². The van der Waals surface area contributed by atoms with Crippen molar-refractivity contribution in [2.75, 3.05) is 26.2 Å². The normalized spacial score (nSPS) is 24.0. The Labute approximate surface area is 176 Å². The van der Waals surface area contributed by atoms with Gasteiger partial charge in [0.15, 0.2) is 5.82 Å². The Morgan fingerprint density at radius 1 is 1.17 bits per heavy atom. The van der Waals surface area contributed by atoms with Crippen molar-refractivity contribution in [3.8, 4) is 11.4 Å². The highest BCUT2D eigenvalue weighted by Gasteiger charge is 2.32. The molecule has 2 fully saturated rings. The summed E-state index contributed by atoms with van der Waals surface area (Å²) in [4.78, 5) is 21.8. The second-order valence-corrected chi connectivity index (χ2v) is 8.55. The lowest BCUT2D eigenvalue weighted by molar-refractivity contribution is -0.149. The molecule has 0 bridgehead atoms. The predicted molar refractivity (Wildman–Crippen MR) is 114 cm³/mol. The Morgan fingerprint density at radius 3 is 2.48 bits per heavy atom. The molecule has 1 aromatic heterocycles. The van der Waals surface area contributed by atoms with Crippen LogP contribution in [0.3, 0.4) is 0 Å². The van der Waals surface area contributed by atoms with Crippen molar-refractivity contribution < 1.29 is 9.53 Å². The second kappa shape index (κ2) is 8.77. The minimum atomic E-state index is 0.110. The zero-order chi connectivity index (χ0) is 20.4. The Bertz CT molecular complexity index is 878. The maximum absolute atomic E-state index is 12.9. The minimum Gasteiger partial charge on any atom is -0.372 e. The van der Waals surface area contributed by atoms with E-state index < -0.39 is 0 Å². The highest BCUT2D eigenvalue weighted by atomic mass is 32.1. The molecule has 4 rings (SSSR count). The summed E-state index contributed by atoms with van der Waals surface area (Å²) in [5.74, 6) is 1.19. The third-order valence-corrected chi connectivity index (χ3v) is 6.05. The van der Waals surface area contributed by atoms with Gasteiger partial charge in [-0.3, -0.25) is 14.8 Å². The number of aromatic nitrogens is 3. The van der Waals surface area contributed by atoms with Crippen LogP contribution in [-0.4, -0.2) is 68.9 Å². The van der Waals surface area contributed by atoms with E-state index in [1.165, 1.54) is 0 Å². The third kappa shape index (κ3) is 4.76. The molecule has 3 heterocycles. The molecular formula is C21H29N5O2S. The highest BCUT2D eigenvalue weighted by molar-refractivity contribution is 7.71. The first kappa shape index (κ1) is 20.3. The highest BCUT2D eigenvalue weighted by Crippen LogP contribution is 2.23. The van der Waals surface area contributed by atoms with Gasteiger partial charge in [-0.05, 0) is 38.9 Å². The molecule has 2 aliphatic heterocycles. The van der Waals surface area contributed by atoms with Crippen LogP contribution < -0.4 is 0 Å². The Kier molecular flexibility index (Phi) is 6.12. The van der Waals surface area contributed by atoms with E-state index in [4.69, 9.17) is 17.0 Å². The van der Waals surface area contributed by atoms with E-state index in [0.29, 0.717) is 24.5 Å². The number of piperidine rings is 1. The largest absolute Gasteiger partial charge is 0.372 e. The molecule has 0 saturated carbocycles. The number of H-pyrrole nitrogens is 1. The number of likely N-dealkylation sites (tertiary alicyclic amines) is 1. The Morgan fingerprint density at radius 2 is 1.83 bits per heavy atom. The van der Waals surface area contributed by atoms with E-state index >= 15 is 0 Å². The molecule has 0 spiro atoms. The number of nitrogens with one attached hydrogen (secondary N) is 1. The molecule has 8 heteroatoms. The monoisotopic (exact) mass is 415 g/mol. The molecular weight excluding hydrogens is 386 g/mol. The minimum absolute atomic E-state index is 0.110. The third-order valence-electron chi connectivity index (χ3n) is 5.74. The summed E-state index contributed by atoms with van der Waals surface area (Å²) in [7, 11) is 0. The maximum atomic E-state index is 12.9. The number of amides is 1. The maximum Gasteiger partial charge on any atom is 0.225 e. The number of morpholine rings is 1. The molecule has 0 aliphatic carbocycles. The molecule has 2 atom stereocenters. The van der Waals surface area contributed by atoms with Crippen molar-refractivity contribution in [2.24, 2.45) is 5.92 Å². The molecule has 0 radical (unpaired) electrons. The second-order valence-electron chi connectivity index (χ2n) is 8.18. The van der Waals surface area contributed by atoms with Crippen molar-refractivity contribution in [1.29, 1.82) is 0 Å². The topological polar surface area (TPSA) is 66.4 Å². The summed E-state index contributed by atoms with van der Waals surface area (Å²) < 4.78 is 8.22. The van der Waals surface area contributed by atoms with Gasteiger partial charge >= 0.3 is 0 Å². The van der Waals surface area contributed by atoms with Gasteiger partial charge in [-0.1, -0.05) is 30.3 Å². The summed E-state index contributed by atoms with van der Waals surface area (Å²) in [5.41, 5.74) is 1.02. The van der Waals surface area contributed by atoms with E-state index in [9.17, 15) is 4.79 Å². The summed E-state index contributed by atoms with van der Waals surface area (Å²) in [6, 6.07) is 10.00. The lowest BCUT2D eigenvalue weighted by Crippen LogP contribution is -2.51. The number of ether oxygens (including phenoxy) is 1. The number of rotatable bonds is 4. The Hall–Kier alpha value is -2.03. The molecule has 1 amide bonds. The summed E-state index contributed by atoms with van der Waals surface area (Å²) in [5, 5.41) is 3.31. The van der Waals surface area contributed by atoms with Crippen LogP contribution in [0.15, 0.2) is 30.3 Å².